The molecule has 0 amide bonds. The van der Waals surface area contributed by atoms with Gasteiger partial charge >= 0.3 is 6.18 Å². The predicted octanol–water partition coefficient (Wildman–Crippen LogP) is 4.66. The Kier molecular flexibility index (Phi) is 5.32. The Morgan fingerprint density at radius 1 is 1.00 bits per heavy atom. The lowest BCUT2D eigenvalue weighted by molar-refractivity contribution is -0.137. The van der Waals surface area contributed by atoms with Crippen molar-refractivity contribution >= 4 is 0 Å². The fourth-order valence-corrected chi connectivity index (χ4v) is 1.46. The molecule has 0 aliphatic heterocycles. The molecule has 0 aliphatic carbocycles. The average molecular weight is 246 g/mol. The topological polar surface area (TPSA) is 9.23 Å². The van der Waals surface area contributed by atoms with Gasteiger partial charge in [-0.25, -0.2) is 0 Å². The largest absolute Gasteiger partial charge is 0.494 e. The maximum Gasteiger partial charge on any atom is 0.416 e. The number of rotatable bonds is 6. The molecule has 0 fully saturated rings. The number of hydrogen-bond donors (Lipinski definition) is 0. The second-order valence-corrected chi connectivity index (χ2v) is 3.93. The normalized spacial score (nSPS) is 11.5. The second-order valence-electron chi connectivity index (χ2n) is 3.93. The first-order chi connectivity index (χ1) is 8.04. The first-order valence-electron chi connectivity index (χ1n) is 5.84. The van der Waals surface area contributed by atoms with Crippen LogP contribution >= 0.6 is 0 Å². The van der Waals surface area contributed by atoms with E-state index in [0.717, 1.165) is 37.8 Å². The Bertz CT molecular complexity index is 316. The summed E-state index contributed by atoms with van der Waals surface area (Å²) in [5.41, 5.74) is -0.643. The predicted molar refractivity (Wildman–Crippen MR) is 61.1 cm³/mol. The van der Waals surface area contributed by atoms with Crippen molar-refractivity contribution in [3.05, 3.63) is 29.8 Å². The molecule has 0 bridgehead atoms. The molecule has 0 aliphatic rings. The molecule has 1 aromatic rings. The van der Waals surface area contributed by atoms with Gasteiger partial charge in [0.05, 0.1) is 12.2 Å². The molecule has 1 rings (SSSR count). The van der Waals surface area contributed by atoms with Gasteiger partial charge in [-0.3, -0.25) is 0 Å². The molecule has 0 spiro atoms. The van der Waals surface area contributed by atoms with E-state index in [1.165, 1.54) is 12.1 Å². The Balaban J connectivity index is 2.36. The van der Waals surface area contributed by atoms with Gasteiger partial charge in [0.2, 0.25) is 0 Å². The van der Waals surface area contributed by atoms with Crippen LogP contribution in [0.15, 0.2) is 24.3 Å². The monoisotopic (exact) mass is 246 g/mol. The Hall–Kier alpha value is -1.19. The van der Waals surface area contributed by atoms with Crippen molar-refractivity contribution in [2.75, 3.05) is 6.61 Å². The van der Waals surface area contributed by atoms with Gasteiger partial charge in [0, 0.05) is 0 Å². The molecule has 0 saturated carbocycles. The molecule has 0 atom stereocenters. The summed E-state index contributed by atoms with van der Waals surface area (Å²) in [6.07, 6.45) is 0.0717. The Morgan fingerprint density at radius 2 is 1.65 bits per heavy atom. The molecule has 0 heterocycles. The SMILES string of the molecule is CCCCCCOc1ccc(C(F)(F)F)cc1. The lowest BCUT2D eigenvalue weighted by Gasteiger charge is -2.09. The summed E-state index contributed by atoms with van der Waals surface area (Å²) in [5, 5.41) is 0. The summed E-state index contributed by atoms with van der Waals surface area (Å²) in [5.74, 6) is 0.495. The summed E-state index contributed by atoms with van der Waals surface area (Å²) in [6, 6.07) is 4.81. The Labute approximate surface area is 99.6 Å². The molecular formula is C13H17F3O. The van der Waals surface area contributed by atoms with Crippen LogP contribution in [0.5, 0.6) is 5.75 Å². The summed E-state index contributed by atoms with van der Waals surface area (Å²) >= 11 is 0. The highest BCUT2D eigenvalue weighted by atomic mass is 19.4. The highest BCUT2D eigenvalue weighted by Crippen LogP contribution is 2.30. The van der Waals surface area contributed by atoms with Crippen LogP contribution < -0.4 is 4.74 Å². The minimum Gasteiger partial charge on any atom is -0.494 e. The fourth-order valence-electron chi connectivity index (χ4n) is 1.46. The highest BCUT2D eigenvalue weighted by Gasteiger charge is 2.29. The molecule has 0 aromatic heterocycles. The van der Waals surface area contributed by atoms with E-state index in [2.05, 4.69) is 6.92 Å². The van der Waals surface area contributed by atoms with Gasteiger partial charge in [-0.1, -0.05) is 26.2 Å². The summed E-state index contributed by atoms with van der Waals surface area (Å²) < 4.78 is 42.2. The van der Waals surface area contributed by atoms with Gasteiger partial charge in [-0.2, -0.15) is 13.2 Å². The second kappa shape index (κ2) is 6.52. The van der Waals surface area contributed by atoms with Crippen LogP contribution in [-0.4, -0.2) is 6.61 Å². The van der Waals surface area contributed by atoms with E-state index in [1.54, 1.807) is 0 Å². The van der Waals surface area contributed by atoms with Crippen LogP contribution in [0.25, 0.3) is 0 Å². The van der Waals surface area contributed by atoms with Gasteiger partial charge in [0.25, 0.3) is 0 Å². The van der Waals surface area contributed by atoms with E-state index in [1.807, 2.05) is 0 Å². The van der Waals surface area contributed by atoms with Gasteiger partial charge in [0.15, 0.2) is 0 Å². The fraction of sp³-hybridized carbons (Fsp3) is 0.538. The van der Waals surface area contributed by atoms with Crippen LogP contribution in [-0.2, 0) is 6.18 Å². The number of unbranched alkanes of at least 4 members (excludes halogenated alkanes) is 3. The van der Waals surface area contributed by atoms with Crippen LogP contribution in [0.2, 0.25) is 0 Å². The molecule has 1 aromatic carbocycles. The highest BCUT2D eigenvalue weighted by molar-refractivity contribution is 5.28. The molecule has 1 nitrogen and oxygen atoms in total. The van der Waals surface area contributed by atoms with Crippen LogP contribution in [0.1, 0.15) is 38.2 Å². The molecule has 0 radical (unpaired) electrons. The van der Waals surface area contributed by atoms with Crippen molar-refractivity contribution in [3.63, 3.8) is 0 Å². The number of alkyl halides is 3. The number of ether oxygens (including phenoxy) is 1. The maximum absolute atomic E-state index is 12.3. The first kappa shape index (κ1) is 13.9. The molecular weight excluding hydrogens is 229 g/mol. The van der Waals surface area contributed by atoms with Crippen molar-refractivity contribution in [3.8, 4) is 5.75 Å². The zero-order valence-electron chi connectivity index (χ0n) is 9.89. The van der Waals surface area contributed by atoms with E-state index in [0.29, 0.717) is 12.4 Å². The minimum atomic E-state index is -4.28. The average Bonchev–Trinajstić information content (AvgIpc) is 2.28. The third-order valence-corrected chi connectivity index (χ3v) is 2.45. The van der Waals surface area contributed by atoms with E-state index in [-0.39, 0.29) is 0 Å². The van der Waals surface area contributed by atoms with E-state index >= 15 is 0 Å². The number of hydrogen-bond acceptors (Lipinski definition) is 1. The molecule has 96 valence electrons. The van der Waals surface area contributed by atoms with Crippen molar-refractivity contribution in [1.82, 2.24) is 0 Å². The maximum atomic E-state index is 12.3. The molecule has 0 N–H and O–H groups in total. The summed E-state index contributed by atoms with van der Waals surface area (Å²) in [6.45, 7) is 2.68. The van der Waals surface area contributed by atoms with Gasteiger partial charge < -0.3 is 4.74 Å². The molecule has 0 unspecified atom stereocenters. The van der Waals surface area contributed by atoms with Crippen molar-refractivity contribution in [1.29, 1.82) is 0 Å². The smallest absolute Gasteiger partial charge is 0.416 e. The quantitative estimate of drug-likeness (QED) is 0.663. The van der Waals surface area contributed by atoms with Crippen molar-refractivity contribution < 1.29 is 17.9 Å². The molecule has 0 saturated heterocycles. The van der Waals surface area contributed by atoms with Crippen LogP contribution in [0.3, 0.4) is 0 Å². The van der Waals surface area contributed by atoms with Gasteiger partial charge in [0.1, 0.15) is 5.75 Å². The Morgan fingerprint density at radius 3 is 2.18 bits per heavy atom. The van der Waals surface area contributed by atoms with Crippen LogP contribution in [0.4, 0.5) is 13.2 Å². The summed E-state index contributed by atoms with van der Waals surface area (Å²) in [7, 11) is 0. The number of benzene rings is 1. The molecule has 4 heteroatoms. The number of halogens is 3. The van der Waals surface area contributed by atoms with Crippen molar-refractivity contribution in [2.24, 2.45) is 0 Å². The zero-order valence-corrected chi connectivity index (χ0v) is 9.89. The summed E-state index contributed by atoms with van der Waals surface area (Å²) in [4.78, 5) is 0. The van der Waals surface area contributed by atoms with E-state index in [4.69, 9.17) is 4.74 Å². The van der Waals surface area contributed by atoms with Crippen LogP contribution in [0, 0.1) is 0 Å². The van der Waals surface area contributed by atoms with Gasteiger partial charge in [-0.15, -0.1) is 0 Å². The van der Waals surface area contributed by atoms with E-state index < -0.39 is 11.7 Å². The lowest BCUT2D eigenvalue weighted by atomic mass is 10.2. The van der Waals surface area contributed by atoms with Crippen molar-refractivity contribution in [2.45, 2.75) is 38.8 Å². The lowest BCUT2D eigenvalue weighted by Crippen LogP contribution is -2.04. The standard InChI is InChI=1S/C13H17F3O/c1-2-3-4-5-10-17-12-8-6-11(7-9-12)13(14,15)16/h6-9H,2-5,10H2,1H3. The third-order valence-electron chi connectivity index (χ3n) is 2.45. The molecule has 17 heavy (non-hydrogen) atoms. The zero-order chi connectivity index (χ0) is 12.7. The first-order valence-corrected chi connectivity index (χ1v) is 5.84. The minimum absolute atomic E-state index is 0.495. The van der Waals surface area contributed by atoms with E-state index in [9.17, 15) is 13.2 Å². The van der Waals surface area contributed by atoms with Gasteiger partial charge in [-0.05, 0) is 30.7 Å². The third kappa shape index (κ3) is 5.11.